The fourth-order valence-corrected chi connectivity index (χ4v) is 4.06. The van der Waals surface area contributed by atoms with Crippen LogP contribution >= 0.6 is 0 Å². The summed E-state index contributed by atoms with van der Waals surface area (Å²) < 4.78 is 11.2. The summed E-state index contributed by atoms with van der Waals surface area (Å²) in [6, 6.07) is 28.0. The molecule has 154 valence electrons. The Morgan fingerprint density at radius 3 is 2.55 bits per heavy atom. The Morgan fingerprint density at radius 1 is 0.871 bits per heavy atom. The van der Waals surface area contributed by atoms with Gasteiger partial charge in [-0.25, -0.2) is 0 Å². The molecule has 0 saturated carbocycles. The minimum absolute atomic E-state index is 0.0195. The van der Waals surface area contributed by atoms with E-state index in [1.165, 1.54) is 0 Å². The second-order valence-corrected chi connectivity index (χ2v) is 7.68. The number of hydrogen-bond acceptors (Lipinski definition) is 3. The Morgan fingerprint density at radius 2 is 1.71 bits per heavy atom. The van der Waals surface area contributed by atoms with Crippen LogP contribution in [0.4, 0.5) is 0 Å². The van der Waals surface area contributed by atoms with Crippen LogP contribution in [0.2, 0.25) is 0 Å². The monoisotopic (exact) mass is 409 g/mol. The predicted molar refractivity (Wildman–Crippen MR) is 120 cm³/mol. The minimum atomic E-state index is -0.0195. The number of nitrogens with zero attached hydrogens (tertiary/aromatic N) is 1. The zero-order chi connectivity index (χ0) is 21.0. The fraction of sp³-hybridized carbons (Fsp3) is 0.148. The third-order valence-electron chi connectivity index (χ3n) is 5.61. The van der Waals surface area contributed by atoms with E-state index in [0.29, 0.717) is 25.3 Å². The van der Waals surface area contributed by atoms with Gasteiger partial charge >= 0.3 is 0 Å². The molecule has 1 aliphatic rings. The van der Waals surface area contributed by atoms with Gasteiger partial charge in [0, 0.05) is 18.5 Å². The van der Waals surface area contributed by atoms with Gasteiger partial charge in [0.05, 0.1) is 19.4 Å². The van der Waals surface area contributed by atoms with Gasteiger partial charge in [0.25, 0.3) is 5.91 Å². The lowest BCUT2D eigenvalue weighted by molar-refractivity contribution is 0.0718. The number of rotatable bonds is 6. The van der Waals surface area contributed by atoms with Crippen LogP contribution in [-0.4, -0.2) is 17.4 Å². The van der Waals surface area contributed by atoms with Crippen molar-refractivity contribution in [1.82, 2.24) is 4.90 Å². The van der Waals surface area contributed by atoms with E-state index in [1.807, 2.05) is 65.6 Å². The van der Waals surface area contributed by atoms with Crippen LogP contribution in [0.1, 0.15) is 27.2 Å². The Labute approximate surface area is 181 Å². The van der Waals surface area contributed by atoms with Crippen LogP contribution in [0, 0.1) is 0 Å². The number of carbonyl (C=O) groups excluding carboxylic acids is 1. The average Bonchev–Trinajstić information content (AvgIpc) is 3.50. The fourth-order valence-electron chi connectivity index (χ4n) is 4.06. The summed E-state index contributed by atoms with van der Waals surface area (Å²) in [6.07, 6.45) is 2.48. The summed E-state index contributed by atoms with van der Waals surface area (Å²) in [7, 11) is 0. The number of benzene rings is 3. The highest BCUT2D eigenvalue weighted by molar-refractivity contribution is 5.94. The van der Waals surface area contributed by atoms with Crippen molar-refractivity contribution in [2.45, 2.75) is 19.5 Å². The number of ether oxygens (including phenoxy) is 1. The Balaban J connectivity index is 1.48. The van der Waals surface area contributed by atoms with E-state index in [-0.39, 0.29) is 5.91 Å². The zero-order valence-corrected chi connectivity index (χ0v) is 17.2. The minimum Gasteiger partial charge on any atom is -0.493 e. The lowest BCUT2D eigenvalue weighted by Gasteiger charge is -2.24. The standard InChI is InChI=1S/C27H23NO3/c29-27(22-12-13-26-21(17-22)14-16-31-26)28(19-24-10-6-15-30-24)18-23-9-4-5-11-25(23)20-7-2-1-3-8-20/h1-13,15,17H,14,16,18-19H2. The average molecular weight is 409 g/mol. The highest BCUT2D eigenvalue weighted by Gasteiger charge is 2.22. The van der Waals surface area contributed by atoms with Gasteiger partial charge in [0.1, 0.15) is 11.5 Å². The van der Waals surface area contributed by atoms with Gasteiger partial charge in [-0.2, -0.15) is 0 Å². The number of fused-ring (bicyclic) bond motifs is 1. The topological polar surface area (TPSA) is 42.7 Å². The molecular weight excluding hydrogens is 386 g/mol. The van der Waals surface area contributed by atoms with Gasteiger partial charge in [0.15, 0.2) is 0 Å². The van der Waals surface area contributed by atoms with Crippen LogP contribution in [0.25, 0.3) is 11.1 Å². The van der Waals surface area contributed by atoms with Crippen molar-refractivity contribution in [2.24, 2.45) is 0 Å². The number of carbonyl (C=O) groups is 1. The van der Waals surface area contributed by atoms with Crippen molar-refractivity contribution in [3.05, 3.63) is 114 Å². The maximum absolute atomic E-state index is 13.6. The molecule has 2 heterocycles. The molecule has 0 atom stereocenters. The van der Waals surface area contributed by atoms with Crippen LogP contribution in [0.5, 0.6) is 5.75 Å². The molecule has 3 aromatic carbocycles. The molecule has 4 heteroatoms. The maximum atomic E-state index is 13.6. The summed E-state index contributed by atoms with van der Waals surface area (Å²) in [5, 5.41) is 0. The molecule has 0 radical (unpaired) electrons. The first-order chi connectivity index (χ1) is 15.3. The highest BCUT2D eigenvalue weighted by Crippen LogP contribution is 2.28. The molecule has 4 nitrogen and oxygen atoms in total. The van der Waals surface area contributed by atoms with Gasteiger partial charge in [-0.3, -0.25) is 4.79 Å². The van der Waals surface area contributed by atoms with Crippen molar-refractivity contribution in [3.63, 3.8) is 0 Å². The molecule has 1 amide bonds. The molecular formula is C27H23NO3. The van der Waals surface area contributed by atoms with Crippen LogP contribution in [0.3, 0.4) is 0 Å². The van der Waals surface area contributed by atoms with E-state index in [0.717, 1.165) is 40.2 Å². The molecule has 0 unspecified atom stereocenters. The van der Waals surface area contributed by atoms with Gasteiger partial charge < -0.3 is 14.1 Å². The van der Waals surface area contributed by atoms with Crippen LogP contribution in [-0.2, 0) is 19.5 Å². The number of furan rings is 1. The first-order valence-corrected chi connectivity index (χ1v) is 10.5. The zero-order valence-electron chi connectivity index (χ0n) is 17.2. The summed E-state index contributed by atoms with van der Waals surface area (Å²) >= 11 is 0. The van der Waals surface area contributed by atoms with E-state index in [2.05, 4.69) is 24.3 Å². The van der Waals surface area contributed by atoms with Crippen molar-refractivity contribution in [1.29, 1.82) is 0 Å². The summed E-state index contributed by atoms with van der Waals surface area (Å²) in [6.45, 7) is 1.56. The molecule has 0 spiro atoms. The summed E-state index contributed by atoms with van der Waals surface area (Å²) in [5.41, 5.74) is 5.13. The van der Waals surface area contributed by atoms with E-state index < -0.39 is 0 Å². The first kappa shape index (κ1) is 19.2. The van der Waals surface area contributed by atoms with Crippen LogP contribution in [0.15, 0.2) is 95.6 Å². The number of hydrogen-bond donors (Lipinski definition) is 0. The Hall–Kier alpha value is -3.79. The van der Waals surface area contributed by atoms with E-state index in [9.17, 15) is 4.79 Å². The molecule has 0 fully saturated rings. The van der Waals surface area contributed by atoms with E-state index in [4.69, 9.17) is 9.15 Å². The molecule has 1 aromatic heterocycles. The van der Waals surface area contributed by atoms with E-state index in [1.54, 1.807) is 6.26 Å². The first-order valence-electron chi connectivity index (χ1n) is 10.5. The van der Waals surface area contributed by atoms with Gasteiger partial charge in [-0.05, 0) is 52.6 Å². The van der Waals surface area contributed by atoms with Crippen molar-refractivity contribution < 1.29 is 13.9 Å². The summed E-state index contributed by atoms with van der Waals surface area (Å²) in [5.74, 6) is 1.62. The van der Waals surface area contributed by atoms with Crippen molar-refractivity contribution >= 4 is 5.91 Å². The molecule has 1 aliphatic heterocycles. The molecule has 0 bridgehead atoms. The predicted octanol–water partition coefficient (Wildman–Crippen LogP) is 5.72. The molecule has 31 heavy (non-hydrogen) atoms. The smallest absolute Gasteiger partial charge is 0.254 e. The van der Waals surface area contributed by atoms with Crippen LogP contribution < -0.4 is 4.74 Å². The van der Waals surface area contributed by atoms with Gasteiger partial charge in [-0.15, -0.1) is 0 Å². The second kappa shape index (κ2) is 8.52. The second-order valence-electron chi connectivity index (χ2n) is 7.68. The quantitative estimate of drug-likeness (QED) is 0.409. The molecule has 0 N–H and O–H groups in total. The van der Waals surface area contributed by atoms with Crippen molar-refractivity contribution in [2.75, 3.05) is 6.61 Å². The van der Waals surface area contributed by atoms with Crippen molar-refractivity contribution in [3.8, 4) is 16.9 Å². The normalized spacial score (nSPS) is 12.3. The molecule has 0 saturated heterocycles. The molecule has 4 aromatic rings. The molecule has 0 aliphatic carbocycles. The maximum Gasteiger partial charge on any atom is 0.254 e. The Kier molecular flexibility index (Phi) is 5.28. The summed E-state index contributed by atoms with van der Waals surface area (Å²) in [4.78, 5) is 15.4. The largest absolute Gasteiger partial charge is 0.493 e. The van der Waals surface area contributed by atoms with E-state index >= 15 is 0 Å². The molecule has 5 rings (SSSR count). The Bertz CT molecular complexity index is 1180. The lowest BCUT2D eigenvalue weighted by atomic mass is 9.99. The highest BCUT2D eigenvalue weighted by atomic mass is 16.5. The lowest BCUT2D eigenvalue weighted by Crippen LogP contribution is -2.30. The number of amides is 1. The van der Waals surface area contributed by atoms with Gasteiger partial charge in [0.2, 0.25) is 0 Å². The SMILES string of the molecule is O=C(c1ccc2c(c1)CCO2)N(Cc1ccco1)Cc1ccccc1-c1ccccc1. The van der Waals surface area contributed by atoms with Gasteiger partial charge in [-0.1, -0.05) is 54.6 Å². The third kappa shape index (κ3) is 4.10. The third-order valence-corrected chi connectivity index (χ3v) is 5.61.